The van der Waals surface area contributed by atoms with Crippen molar-refractivity contribution in [1.82, 2.24) is 14.8 Å². The van der Waals surface area contributed by atoms with Crippen molar-refractivity contribution in [3.8, 4) is 11.4 Å². The maximum Gasteiger partial charge on any atom is 0.273 e. The molecular formula is C12H15IN4O2S. The molecule has 20 heavy (non-hydrogen) atoms. The van der Waals surface area contributed by atoms with E-state index in [0.717, 1.165) is 9.13 Å². The Bertz CT molecular complexity index is 747. The van der Waals surface area contributed by atoms with Gasteiger partial charge in [0.15, 0.2) is 5.82 Å². The summed E-state index contributed by atoms with van der Waals surface area (Å²) >= 11 is 2.19. The van der Waals surface area contributed by atoms with Gasteiger partial charge in [0.2, 0.25) is 0 Å². The summed E-state index contributed by atoms with van der Waals surface area (Å²) in [6.45, 7) is 5.63. The predicted octanol–water partition coefficient (Wildman–Crippen LogP) is 1.95. The molecule has 0 spiro atoms. The number of nitrogens with two attached hydrogens (primary N) is 1. The lowest BCUT2D eigenvalue weighted by Gasteiger charge is -2.24. The van der Waals surface area contributed by atoms with Gasteiger partial charge in [-0.1, -0.05) is 12.1 Å². The minimum atomic E-state index is -3.93. The molecule has 0 amide bonds. The van der Waals surface area contributed by atoms with Crippen LogP contribution in [0.1, 0.15) is 20.8 Å². The fourth-order valence-corrected chi connectivity index (χ4v) is 3.19. The van der Waals surface area contributed by atoms with E-state index in [9.17, 15) is 8.42 Å². The van der Waals surface area contributed by atoms with Gasteiger partial charge in [-0.05, 0) is 55.5 Å². The van der Waals surface area contributed by atoms with Crippen LogP contribution in [0.4, 0.5) is 0 Å². The second-order valence-corrected chi connectivity index (χ2v) is 8.07. The van der Waals surface area contributed by atoms with Gasteiger partial charge in [-0.2, -0.15) is 0 Å². The molecule has 1 heterocycles. The van der Waals surface area contributed by atoms with Crippen molar-refractivity contribution >= 4 is 32.6 Å². The van der Waals surface area contributed by atoms with E-state index in [0.29, 0.717) is 5.82 Å². The fourth-order valence-electron chi connectivity index (χ4n) is 1.87. The molecule has 0 saturated carbocycles. The predicted molar refractivity (Wildman–Crippen MR) is 84.5 cm³/mol. The van der Waals surface area contributed by atoms with E-state index in [-0.39, 0.29) is 5.16 Å². The highest BCUT2D eigenvalue weighted by Gasteiger charge is 2.29. The molecule has 0 atom stereocenters. The Morgan fingerprint density at radius 2 is 1.90 bits per heavy atom. The molecule has 2 N–H and O–H groups in total. The lowest BCUT2D eigenvalue weighted by molar-refractivity contribution is 0.366. The van der Waals surface area contributed by atoms with Crippen molar-refractivity contribution < 1.29 is 8.42 Å². The van der Waals surface area contributed by atoms with Gasteiger partial charge in [0, 0.05) is 14.7 Å². The maximum absolute atomic E-state index is 11.7. The molecule has 6 nitrogen and oxygen atoms in total. The van der Waals surface area contributed by atoms with Crippen LogP contribution in [0.3, 0.4) is 0 Å². The van der Waals surface area contributed by atoms with Crippen LogP contribution in [-0.4, -0.2) is 23.2 Å². The topological polar surface area (TPSA) is 90.9 Å². The largest absolute Gasteiger partial charge is 0.291 e. The average molecular weight is 406 g/mol. The van der Waals surface area contributed by atoms with Crippen molar-refractivity contribution in [2.24, 2.45) is 5.14 Å². The first-order valence-electron chi connectivity index (χ1n) is 5.85. The number of primary sulfonamides is 1. The van der Waals surface area contributed by atoms with Crippen LogP contribution < -0.4 is 5.14 Å². The number of hydrogen-bond acceptors (Lipinski definition) is 4. The second kappa shape index (κ2) is 5.08. The quantitative estimate of drug-likeness (QED) is 0.772. The van der Waals surface area contributed by atoms with E-state index in [1.807, 2.05) is 45.0 Å². The first kappa shape index (κ1) is 15.4. The summed E-state index contributed by atoms with van der Waals surface area (Å²) in [6.07, 6.45) is 0. The molecule has 0 aliphatic rings. The number of nitrogens with zero attached hydrogens (tertiary/aromatic N) is 3. The van der Waals surface area contributed by atoms with Gasteiger partial charge >= 0.3 is 0 Å². The minimum absolute atomic E-state index is 0.223. The van der Waals surface area contributed by atoms with Gasteiger partial charge in [0.1, 0.15) is 0 Å². The molecule has 1 aromatic heterocycles. The van der Waals surface area contributed by atoms with Crippen molar-refractivity contribution in [2.45, 2.75) is 31.5 Å². The molecule has 108 valence electrons. The van der Waals surface area contributed by atoms with Gasteiger partial charge in [-0.3, -0.25) is 4.57 Å². The smallest absolute Gasteiger partial charge is 0.273 e. The van der Waals surface area contributed by atoms with Crippen LogP contribution in [-0.2, 0) is 15.6 Å². The Kier molecular flexibility index (Phi) is 3.91. The summed E-state index contributed by atoms with van der Waals surface area (Å²) in [5.41, 5.74) is 0.288. The van der Waals surface area contributed by atoms with E-state index < -0.39 is 15.6 Å². The molecule has 0 bridgehead atoms. The highest BCUT2D eigenvalue weighted by molar-refractivity contribution is 14.1. The van der Waals surface area contributed by atoms with Gasteiger partial charge < -0.3 is 0 Å². The standard InChI is InChI=1S/C12H15IN4O2S/c1-12(2,3)17-10(8-5-4-6-9(13)7-8)15-16-11(17)20(14,18)19/h4-7H,1-3H3,(H2,14,18,19). The molecule has 0 aliphatic carbocycles. The SMILES string of the molecule is CC(C)(C)n1c(-c2cccc(I)c2)nnc1S(N)(=O)=O. The fraction of sp³-hybridized carbons (Fsp3) is 0.333. The first-order valence-corrected chi connectivity index (χ1v) is 8.48. The van der Waals surface area contributed by atoms with E-state index in [4.69, 9.17) is 5.14 Å². The molecule has 2 aromatic rings. The van der Waals surface area contributed by atoms with Crippen LogP contribution in [0.5, 0.6) is 0 Å². The van der Waals surface area contributed by atoms with Crippen LogP contribution >= 0.6 is 22.6 Å². The highest BCUT2D eigenvalue weighted by atomic mass is 127. The molecule has 0 aliphatic heterocycles. The van der Waals surface area contributed by atoms with Crippen molar-refractivity contribution in [3.63, 3.8) is 0 Å². The third-order valence-corrected chi connectivity index (χ3v) is 4.09. The Balaban J connectivity index is 2.76. The van der Waals surface area contributed by atoms with Crippen LogP contribution in [0.15, 0.2) is 29.4 Å². The molecule has 1 aromatic carbocycles. The number of sulfonamides is 1. The summed E-state index contributed by atoms with van der Waals surface area (Å²) in [7, 11) is -3.93. The monoisotopic (exact) mass is 406 g/mol. The molecule has 0 saturated heterocycles. The Hall–Kier alpha value is -1.00. The molecule has 2 rings (SSSR count). The summed E-state index contributed by atoms with van der Waals surface area (Å²) < 4.78 is 25.9. The third-order valence-electron chi connectivity index (χ3n) is 2.64. The third kappa shape index (κ3) is 3.01. The zero-order valence-electron chi connectivity index (χ0n) is 11.3. The Labute approximate surface area is 131 Å². The number of benzene rings is 1. The molecule has 0 fully saturated rings. The van der Waals surface area contributed by atoms with Crippen LogP contribution in [0.2, 0.25) is 0 Å². The number of rotatable bonds is 2. The van der Waals surface area contributed by atoms with Gasteiger partial charge in [-0.15, -0.1) is 10.2 Å². The van der Waals surface area contributed by atoms with E-state index in [1.54, 1.807) is 4.57 Å². The van der Waals surface area contributed by atoms with Gasteiger partial charge in [0.05, 0.1) is 0 Å². The lowest BCUT2D eigenvalue weighted by atomic mass is 10.1. The lowest BCUT2D eigenvalue weighted by Crippen LogP contribution is -2.29. The number of halogens is 1. The zero-order valence-corrected chi connectivity index (χ0v) is 14.3. The van der Waals surface area contributed by atoms with E-state index >= 15 is 0 Å². The zero-order chi connectivity index (χ0) is 15.1. The van der Waals surface area contributed by atoms with Gasteiger partial charge in [0.25, 0.3) is 15.2 Å². The molecule has 8 heteroatoms. The van der Waals surface area contributed by atoms with Gasteiger partial charge in [-0.25, -0.2) is 13.6 Å². The second-order valence-electron chi connectivity index (χ2n) is 5.37. The van der Waals surface area contributed by atoms with Crippen molar-refractivity contribution in [1.29, 1.82) is 0 Å². The normalized spacial score (nSPS) is 12.7. The highest BCUT2D eigenvalue weighted by Crippen LogP contribution is 2.28. The summed E-state index contributed by atoms with van der Waals surface area (Å²) in [6, 6.07) is 7.61. The summed E-state index contributed by atoms with van der Waals surface area (Å²) in [5, 5.41) is 12.8. The van der Waals surface area contributed by atoms with Crippen LogP contribution in [0, 0.1) is 3.57 Å². The molecular weight excluding hydrogens is 391 g/mol. The Morgan fingerprint density at radius 1 is 1.25 bits per heavy atom. The van der Waals surface area contributed by atoms with Crippen molar-refractivity contribution in [3.05, 3.63) is 27.8 Å². The average Bonchev–Trinajstić information content (AvgIpc) is 2.72. The minimum Gasteiger partial charge on any atom is -0.291 e. The molecule has 0 unspecified atom stereocenters. The summed E-state index contributed by atoms with van der Waals surface area (Å²) in [4.78, 5) is 0. The molecule has 0 radical (unpaired) electrons. The number of hydrogen-bond donors (Lipinski definition) is 1. The van der Waals surface area contributed by atoms with Crippen molar-refractivity contribution in [2.75, 3.05) is 0 Å². The van der Waals surface area contributed by atoms with E-state index in [1.165, 1.54) is 0 Å². The van der Waals surface area contributed by atoms with Crippen LogP contribution in [0.25, 0.3) is 11.4 Å². The summed E-state index contributed by atoms with van der Waals surface area (Å²) in [5.74, 6) is 0.486. The number of aromatic nitrogens is 3. The maximum atomic E-state index is 11.7. The first-order chi connectivity index (χ1) is 9.10. The van der Waals surface area contributed by atoms with E-state index in [2.05, 4.69) is 32.8 Å². The Morgan fingerprint density at radius 3 is 2.40 bits per heavy atom.